The summed E-state index contributed by atoms with van der Waals surface area (Å²) < 4.78 is 0. The van der Waals surface area contributed by atoms with Gasteiger partial charge in [-0.3, -0.25) is 9.69 Å². The molecule has 1 N–H and O–H groups in total. The predicted molar refractivity (Wildman–Crippen MR) is 103 cm³/mol. The number of halogens is 2. The van der Waals surface area contributed by atoms with E-state index in [4.69, 9.17) is 40.7 Å². The quantitative estimate of drug-likeness (QED) is 0.803. The second kappa shape index (κ2) is 6.64. The highest BCUT2D eigenvalue weighted by Crippen LogP contribution is 2.31. The monoisotopic (exact) mass is 389 g/mol. The molecule has 126 valence electrons. The second-order valence-electron chi connectivity index (χ2n) is 6.02. The van der Waals surface area contributed by atoms with E-state index in [1.165, 1.54) is 4.90 Å². The lowest BCUT2D eigenvalue weighted by Gasteiger charge is -2.22. The number of benzene rings is 2. The molecule has 1 heterocycles. The summed E-state index contributed by atoms with van der Waals surface area (Å²) in [6.45, 7) is 1.80. The lowest BCUT2D eigenvalue weighted by atomic mass is 9.92. The van der Waals surface area contributed by atoms with Crippen molar-refractivity contribution >= 4 is 52.1 Å². The topological polar surface area (TPSA) is 56.1 Å². The fourth-order valence-electron chi connectivity index (χ4n) is 2.81. The van der Waals surface area contributed by atoms with Crippen molar-refractivity contribution in [2.24, 2.45) is 0 Å². The van der Waals surface area contributed by atoms with E-state index in [0.29, 0.717) is 32.8 Å². The Morgan fingerprint density at radius 1 is 1.20 bits per heavy atom. The largest absolute Gasteiger partial charge is 0.348 e. The number of anilines is 1. The molecule has 1 amide bonds. The number of carbonyl (C=O) groups excluding carboxylic acids is 1. The van der Waals surface area contributed by atoms with Crippen LogP contribution in [0.5, 0.6) is 0 Å². The molecule has 2 aromatic rings. The van der Waals surface area contributed by atoms with Gasteiger partial charge in [0.2, 0.25) is 0 Å². The Hall–Kier alpha value is -2.13. The van der Waals surface area contributed by atoms with E-state index in [1.807, 2.05) is 12.1 Å². The summed E-state index contributed by atoms with van der Waals surface area (Å²) in [7, 11) is 0. The van der Waals surface area contributed by atoms with E-state index in [0.717, 1.165) is 5.56 Å². The SMILES string of the molecule is C[C@]1(Cc2ccc(C#N)cc2)NC(=S)N(c2cc(Cl)cc(Cl)c2)C1=O. The second-order valence-corrected chi connectivity index (χ2v) is 7.28. The van der Waals surface area contributed by atoms with Gasteiger partial charge >= 0.3 is 0 Å². The zero-order valence-electron chi connectivity index (χ0n) is 13.2. The Morgan fingerprint density at radius 2 is 1.80 bits per heavy atom. The number of nitrogens with zero attached hydrogens (tertiary/aromatic N) is 2. The molecule has 7 heteroatoms. The average Bonchev–Trinajstić information content (AvgIpc) is 2.76. The fourth-order valence-corrected chi connectivity index (χ4v) is 3.74. The summed E-state index contributed by atoms with van der Waals surface area (Å²) in [6, 6.07) is 14.1. The maximum absolute atomic E-state index is 13.0. The van der Waals surface area contributed by atoms with Gasteiger partial charge in [-0.1, -0.05) is 35.3 Å². The van der Waals surface area contributed by atoms with Gasteiger partial charge in [-0.25, -0.2) is 0 Å². The first-order valence-electron chi connectivity index (χ1n) is 7.44. The van der Waals surface area contributed by atoms with Gasteiger partial charge in [0.25, 0.3) is 5.91 Å². The van der Waals surface area contributed by atoms with Crippen LogP contribution in [0.1, 0.15) is 18.1 Å². The Balaban J connectivity index is 1.90. The molecule has 1 atom stereocenters. The van der Waals surface area contributed by atoms with Crippen LogP contribution in [0.3, 0.4) is 0 Å². The number of thiocarbonyl (C=S) groups is 1. The third-order valence-electron chi connectivity index (χ3n) is 4.01. The van der Waals surface area contributed by atoms with Gasteiger partial charge in [0, 0.05) is 16.5 Å². The lowest BCUT2D eigenvalue weighted by molar-refractivity contribution is -0.121. The van der Waals surface area contributed by atoms with Gasteiger partial charge in [-0.05, 0) is 55.0 Å². The zero-order chi connectivity index (χ0) is 18.2. The maximum atomic E-state index is 13.0. The van der Waals surface area contributed by atoms with Crippen molar-refractivity contribution in [1.29, 1.82) is 5.26 Å². The molecule has 2 aromatic carbocycles. The van der Waals surface area contributed by atoms with Gasteiger partial charge in [0.1, 0.15) is 5.54 Å². The molecule has 1 fully saturated rings. The zero-order valence-corrected chi connectivity index (χ0v) is 15.5. The summed E-state index contributed by atoms with van der Waals surface area (Å²) in [6.07, 6.45) is 0.433. The standard InChI is InChI=1S/C18H13Cl2N3OS/c1-18(9-11-2-4-12(10-21)5-3-11)16(24)23(17(25)22-18)15-7-13(19)6-14(20)8-15/h2-8H,9H2,1H3,(H,22,25)/t18-/m1/s1. The van der Waals surface area contributed by atoms with Crippen LogP contribution in [-0.2, 0) is 11.2 Å². The smallest absolute Gasteiger partial charge is 0.259 e. The molecule has 0 aromatic heterocycles. The molecular formula is C18H13Cl2N3OS. The molecule has 3 rings (SSSR count). The fraction of sp³-hybridized carbons (Fsp3) is 0.167. The Labute approximate surface area is 161 Å². The maximum Gasteiger partial charge on any atom is 0.259 e. The van der Waals surface area contributed by atoms with Crippen molar-refractivity contribution in [3.8, 4) is 6.07 Å². The summed E-state index contributed by atoms with van der Waals surface area (Å²) in [5.41, 5.74) is 1.14. The number of hydrogen-bond acceptors (Lipinski definition) is 3. The minimum absolute atomic E-state index is 0.180. The van der Waals surface area contributed by atoms with E-state index >= 15 is 0 Å². The number of hydrogen-bond donors (Lipinski definition) is 1. The van der Waals surface area contributed by atoms with E-state index in [1.54, 1.807) is 37.3 Å². The van der Waals surface area contributed by atoms with Crippen molar-refractivity contribution in [2.45, 2.75) is 18.9 Å². The van der Waals surface area contributed by atoms with Gasteiger partial charge in [-0.15, -0.1) is 0 Å². The van der Waals surface area contributed by atoms with Crippen molar-refractivity contribution in [3.63, 3.8) is 0 Å². The summed E-state index contributed by atoms with van der Waals surface area (Å²) in [5.74, 6) is -0.180. The van der Waals surface area contributed by atoms with Crippen LogP contribution in [0, 0.1) is 11.3 Å². The van der Waals surface area contributed by atoms with Gasteiger partial charge in [0.15, 0.2) is 5.11 Å². The Morgan fingerprint density at radius 3 is 2.36 bits per heavy atom. The summed E-state index contributed by atoms with van der Waals surface area (Å²) in [5, 5.41) is 13.1. The van der Waals surface area contributed by atoms with E-state index in [9.17, 15) is 4.79 Å². The third kappa shape index (κ3) is 3.47. The Bertz CT molecular complexity index is 887. The van der Waals surface area contributed by atoms with Gasteiger partial charge in [-0.2, -0.15) is 5.26 Å². The number of carbonyl (C=O) groups is 1. The molecular weight excluding hydrogens is 377 g/mol. The first-order chi connectivity index (χ1) is 11.8. The molecule has 0 aliphatic carbocycles. The molecule has 0 spiro atoms. The molecule has 0 bridgehead atoms. The van der Waals surface area contributed by atoms with Crippen molar-refractivity contribution in [1.82, 2.24) is 5.32 Å². The van der Waals surface area contributed by atoms with Crippen LogP contribution in [0.15, 0.2) is 42.5 Å². The highest BCUT2D eigenvalue weighted by molar-refractivity contribution is 7.80. The van der Waals surface area contributed by atoms with Crippen LogP contribution in [0.25, 0.3) is 0 Å². The normalized spacial score (nSPS) is 19.7. The third-order valence-corrected chi connectivity index (χ3v) is 4.73. The number of nitriles is 1. The summed E-state index contributed by atoms with van der Waals surface area (Å²) >= 11 is 17.4. The van der Waals surface area contributed by atoms with E-state index in [-0.39, 0.29) is 5.91 Å². The Kier molecular flexibility index (Phi) is 4.70. The number of rotatable bonds is 3. The first kappa shape index (κ1) is 17.7. The van der Waals surface area contributed by atoms with Crippen LogP contribution >= 0.6 is 35.4 Å². The molecule has 1 aliphatic heterocycles. The molecule has 0 unspecified atom stereocenters. The molecule has 1 aliphatic rings. The molecule has 25 heavy (non-hydrogen) atoms. The highest BCUT2D eigenvalue weighted by Gasteiger charge is 2.46. The van der Waals surface area contributed by atoms with E-state index < -0.39 is 5.54 Å². The van der Waals surface area contributed by atoms with Crippen molar-refractivity contribution < 1.29 is 4.79 Å². The van der Waals surface area contributed by atoms with Crippen LogP contribution in [0.4, 0.5) is 5.69 Å². The first-order valence-corrected chi connectivity index (χ1v) is 8.61. The van der Waals surface area contributed by atoms with Gasteiger partial charge in [0.05, 0.1) is 17.3 Å². The molecule has 0 saturated carbocycles. The number of nitrogens with one attached hydrogen (secondary N) is 1. The lowest BCUT2D eigenvalue weighted by Crippen LogP contribution is -2.46. The average molecular weight is 390 g/mol. The van der Waals surface area contributed by atoms with Gasteiger partial charge < -0.3 is 5.32 Å². The highest BCUT2D eigenvalue weighted by atomic mass is 35.5. The van der Waals surface area contributed by atoms with Crippen molar-refractivity contribution in [3.05, 3.63) is 63.6 Å². The van der Waals surface area contributed by atoms with Crippen LogP contribution in [0.2, 0.25) is 10.0 Å². The molecule has 4 nitrogen and oxygen atoms in total. The van der Waals surface area contributed by atoms with Crippen molar-refractivity contribution in [2.75, 3.05) is 4.90 Å². The predicted octanol–water partition coefficient (Wildman–Crippen LogP) is 4.09. The van der Waals surface area contributed by atoms with Crippen LogP contribution in [-0.4, -0.2) is 16.6 Å². The minimum atomic E-state index is -0.889. The molecule has 1 saturated heterocycles. The minimum Gasteiger partial charge on any atom is -0.348 e. The van der Waals surface area contributed by atoms with E-state index in [2.05, 4.69) is 11.4 Å². The molecule has 0 radical (unpaired) electrons. The summed E-state index contributed by atoms with van der Waals surface area (Å²) in [4.78, 5) is 14.4. The number of amides is 1. The van der Waals surface area contributed by atoms with Crippen LogP contribution < -0.4 is 10.2 Å².